The molecule has 5 nitrogen and oxygen atoms in total. The zero-order chi connectivity index (χ0) is 12.5. The van der Waals surface area contributed by atoms with Crippen molar-refractivity contribution in [3.63, 3.8) is 0 Å². The maximum atomic E-state index is 4.82. The van der Waals surface area contributed by atoms with E-state index in [1.807, 2.05) is 11.7 Å². The molecule has 0 aromatic carbocycles. The standard InChI is InChI=1S/C13H19N5/c1-8-10-11-14-7-4-9(13(2)5-6-13)18(11)16-12(10)17(3)15-8/h9,14H,4-7H2,1-3H3. The highest BCUT2D eigenvalue weighted by molar-refractivity contribution is 5.90. The van der Waals surface area contributed by atoms with Crippen molar-refractivity contribution in [1.29, 1.82) is 0 Å². The Kier molecular flexibility index (Phi) is 1.78. The SMILES string of the molecule is Cc1nn(C)c2nn3c(c12)NCCC3C1(C)CC1. The monoisotopic (exact) mass is 245 g/mol. The molecule has 2 aromatic rings. The zero-order valence-corrected chi connectivity index (χ0v) is 11.2. The fraction of sp³-hybridized carbons (Fsp3) is 0.692. The van der Waals surface area contributed by atoms with Gasteiger partial charge in [0.2, 0.25) is 0 Å². The lowest BCUT2D eigenvalue weighted by molar-refractivity contribution is 0.285. The molecule has 96 valence electrons. The molecule has 1 unspecified atom stereocenters. The molecule has 1 fully saturated rings. The quantitative estimate of drug-likeness (QED) is 0.838. The first kappa shape index (κ1) is 10.4. The van der Waals surface area contributed by atoms with E-state index in [4.69, 9.17) is 5.10 Å². The van der Waals surface area contributed by atoms with Crippen LogP contribution in [0.2, 0.25) is 0 Å². The third kappa shape index (κ3) is 1.17. The van der Waals surface area contributed by atoms with Crippen LogP contribution >= 0.6 is 0 Å². The number of nitrogens with zero attached hydrogens (tertiary/aromatic N) is 4. The van der Waals surface area contributed by atoms with E-state index in [1.165, 1.54) is 30.5 Å². The largest absolute Gasteiger partial charge is 0.370 e. The summed E-state index contributed by atoms with van der Waals surface area (Å²) in [5.74, 6) is 1.18. The lowest BCUT2D eigenvalue weighted by Crippen LogP contribution is -2.29. The second-order valence-electron chi connectivity index (χ2n) is 6.09. The van der Waals surface area contributed by atoms with Gasteiger partial charge < -0.3 is 5.32 Å². The van der Waals surface area contributed by atoms with Crippen LogP contribution in [-0.2, 0) is 7.05 Å². The molecule has 2 aromatic heterocycles. The number of hydrogen-bond donors (Lipinski definition) is 1. The average molecular weight is 245 g/mol. The summed E-state index contributed by atoms with van der Waals surface area (Å²) in [5, 5.41) is 14.0. The second kappa shape index (κ2) is 3.08. The van der Waals surface area contributed by atoms with Gasteiger partial charge in [-0.05, 0) is 31.6 Å². The van der Waals surface area contributed by atoms with E-state index in [2.05, 4.69) is 28.9 Å². The first-order chi connectivity index (χ1) is 8.60. The predicted molar refractivity (Wildman–Crippen MR) is 70.7 cm³/mol. The van der Waals surface area contributed by atoms with Gasteiger partial charge in [0.15, 0.2) is 5.65 Å². The molecule has 1 saturated carbocycles. The van der Waals surface area contributed by atoms with Crippen molar-refractivity contribution in [1.82, 2.24) is 19.6 Å². The predicted octanol–water partition coefficient (Wildman–Crippen LogP) is 2.24. The summed E-state index contributed by atoms with van der Waals surface area (Å²) in [6.45, 7) is 5.51. The van der Waals surface area contributed by atoms with Gasteiger partial charge >= 0.3 is 0 Å². The maximum absolute atomic E-state index is 4.82. The molecule has 1 N–H and O–H groups in total. The van der Waals surface area contributed by atoms with Crippen LogP contribution in [0.25, 0.3) is 11.0 Å². The number of aryl methyl sites for hydroxylation is 2. The van der Waals surface area contributed by atoms with Crippen LogP contribution in [0.3, 0.4) is 0 Å². The van der Waals surface area contributed by atoms with E-state index in [9.17, 15) is 0 Å². The van der Waals surface area contributed by atoms with E-state index in [0.29, 0.717) is 11.5 Å². The minimum atomic E-state index is 0.472. The van der Waals surface area contributed by atoms with Gasteiger partial charge in [0.05, 0.1) is 17.1 Å². The van der Waals surface area contributed by atoms with Gasteiger partial charge in [0.25, 0.3) is 0 Å². The molecule has 0 amide bonds. The smallest absolute Gasteiger partial charge is 0.182 e. The Hall–Kier alpha value is -1.52. The Labute approximate surface area is 106 Å². The summed E-state index contributed by atoms with van der Waals surface area (Å²) in [5.41, 5.74) is 2.55. The number of rotatable bonds is 1. The van der Waals surface area contributed by atoms with Gasteiger partial charge in [0, 0.05) is 13.6 Å². The number of hydrogen-bond acceptors (Lipinski definition) is 3. The molecule has 4 rings (SSSR count). The number of anilines is 1. The van der Waals surface area contributed by atoms with E-state index in [1.54, 1.807) is 0 Å². The highest BCUT2D eigenvalue weighted by Crippen LogP contribution is 2.56. The lowest BCUT2D eigenvalue weighted by Gasteiger charge is -2.30. The van der Waals surface area contributed by atoms with Crippen LogP contribution in [0.4, 0.5) is 5.82 Å². The van der Waals surface area contributed by atoms with Gasteiger partial charge in [-0.25, -0.2) is 9.36 Å². The van der Waals surface area contributed by atoms with Crippen LogP contribution in [-0.4, -0.2) is 26.1 Å². The van der Waals surface area contributed by atoms with E-state index >= 15 is 0 Å². The molecule has 0 spiro atoms. The van der Waals surface area contributed by atoms with Crippen molar-refractivity contribution in [3.8, 4) is 0 Å². The molecular weight excluding hydrogens is 226 g/mol. The summed E-state index contributed by atoms with van der Waals surface area (Å²) >= 11 is 0. The maximum Gasteiger partial charge on any atom is 0.182 e. The third-order valence-electron chi connectivity index (χ3n) is 4.71. The van der Waals surface area contributed by atoms with Crippen LogP contribution < -0.4 is 5.32 Å². The summed E-state index contributed by atoms with van der Waals surface area (Å²) in [6.07, 6.45) is 3.86. The minimum absolute atomic E-state index is 0.472. The highest BCUT2D eigenvalue weighted by atomic mass is 15.4. The Balaban J connectivity index is 1.96. The van der Waals surface area contributed by atoms with Crippen molar-refractivity contribution < 1.29 is 0 Å². The first-order valence-corrected chi connectivity index (χ1v) is 6.76. The molecule has 18 heavy (non-hydrogen) atoms. The molecule has 1 aliphatic carbocycles. The van der Waals surface area contributed by atoms with Crippen molar-refractivity contribution in [2.45, 2.75) is 39.2 Å². The van der Waals surface area contributed by atoms with Gasteiger partial charge in [0.1, 0.15) is 5.82 Å². The van der Waals surface area contributed by atoms with Gasteiger partial charge in [-0.1, -0.05) is 6.92 Å². The first-order valence-electron chi connectivity index (χ1n) is 6.76. The highest BCUT2D eigenvalue weighted by Gasteiger charge is 2.48. The van der Waals surface area contributed by atoms with Gasteiger partial charge in [-0.15, -0.1) is 0 Å². The fourth-order valence-corrected chi connectivity index (χ4v) is 3.32. The molecule has 1 atom stereocenters. The Bertz CT molecular complexity index is 631. The summed E-state index contributed by atoms with van der Waals surface area (Å²) < 4.78 is 4.12. The molecule has 0 bridgehead atoms. The number of fused-ring (bicyclic) bond motifs is 3. The molecule has 0 radical (unpaired) electrons. The molecule has 3 heterocycles. The lowest BCUT2D eigenvalue weighted by atomic mass is 9.95. The molecule has 0 saturated heterocycles. The third-order valence-corrected chi connectivity index (χ3v) is 4.71. The van der Waals surface area contributed by atoms with Crippen molar-refractivity contribution in [3.05, 3.63) is 5.69 Å². The van der Waals surface area contributed by atoms with Crippen LogP contribution in [0.5, 0.6) is 0 Å². The van der Waals surface area contributed by atoms with Crippen LogP contribution in [0, 0.1) is 12.3 Å². The van der Waals surface area contributed by atoms with Gasteiger partial charge in [-0.2, -0.15) is 10.2 Å². The van der Waals surface area contributed by atoms with Crippen LogP contribution in [0.15, 0.2) is 0 Å². The normalized spacial score (nSPS) is 24.9. The second-order valence-corrected chi connectivity index (χ2v) is 6.09. The van der Waals surface area contributed by atoms with E-state index in [-0.39, 0.29) is 0 Å². The van der Waals surface area contributed by atoms with E-state index in [0.717, 1.165) is 17.9 Å². The Morgan fingerprint density at radius 2 is 2.11 bits per heavy atom. The molecule has 5 heteroatoms. The fourth-order valence-electron chi connectivity index (χ4n) is 3.32. The van der Waals surface area contributed by atoms with Gasteiger partial charge in [-0.3, -0.25) is 0 Å². The average Bonchev–Trinajstić information content (AvgIpc) is 2.87. The van der Waals surface area contributed by atoms with Crippen molar-refractivity contribution in [2.75, 3.05) is 11.9 Å². The Morgan fingerprint density at radius 1 is 1.33 bits per heavy atom. The summed E-state index contributed by atoms with van der Waals surface area (Å²) in [7, 11) is 1.97. The number of nitrogens with one attached hydrogen (secondary N) is 1. The molecular formula is C13H19N5. The minimum Gasteiger partial charge on any atom is -0.370 e. The van der Waals surface area contributed by atoms with Crippen molar-refractivity contribution in [2.24, 2.45) is 12.5 Å². The zero-order valence-electron chi connectivity index (χ0n) is 11.2. The van der Waals surface area contributed by atoms with Crippen molar-refractivity contribution >= 4 is 16.9 Å². The molecule has 1 aliphatic heterocycles. The van der Waals surface area contributed by atoms with E-state index < -0.39 is 0 Å². The number of aromatic nitrogens is 4. The summed E-state index contributed by atoms with van der Waals surface area (Å²) in [4.78, 5) is 0. The summed E-state index contributed by atoms with van der Waals surface area (Å²) in [6, 6.07) is 0.556. The topological polar surface area (TPSA) is 47.7 Å². The van der Waals surface area contributed by atoms with Crippen LogP contribution in [0.1, 0.15) is 37.9 Å². The Morgan fingerprint density at radius 3 is 2.83 bits per heavy atom. The molecule has 2 aliphatic rings.